The number of methoxy groups -OCH3 is 1. The van der Waals surface area contributed by atoms with Crippen molar-refractivity contribution in [3.8, 4) is 5.75 Å². The highest BCUT2D eigenvalue weighted by Gasteiger charge is 2.16. The van der Waals surface area contributed by atoms with Gasteiger partial charge in [0.05, 0.1) is 23.9 Å². The smallest absolute Gasteiger partial charge is 0.337 e. The van der Waals surface area contributed by atoms with Crippen molar-refractivity contribution in [1.29, 1.82) is 0 Å². The van der Waals surface area contributed by atoms with E-state index in [9.17, 15) is 14.0 Å². The number of nitrogens with one attached hydrogen (secondary N) is 1. The van der Waals surface area contributed by atoms with Crippen LogP contribution >= 0.6 is 0 Å². The number of benzene rings is 2. The zero-order valence-corrected chi connectivity index (χ0v) is 11.1. The monoisotopic (exact) mass is 289 g/mol. The molecule has 2 aromatic rings. The molecule has 2 aromatic carbocycles. The number of hydrogen-bond acceptors (Lipinski definition) is 3. The number of rotatable bonds is 4. The van der Waals surface area contributed by atoms with E-state index in [1.807, 2.05) is 0 Å². The Morgan fingerprint density at radius 1 is 1.14 bits per heavy atom. The third-order valence-corrected chi connectivity index (χ3v) is 2.81. The van der Waals surface area contributed by atoms with Gasteiger partial charge in [0.25, 0.3) is 5.91 Å². The number of para-hydroxylation sites is 1. The van der Waals surface area contributed by atoms with Crippen LogP contribution in [-0.4, -0.2) is 24.1 Å². The predicted molar refractivity (Wildman–Crippen MR) is 74.3 cm³/mol. The number of carbonyl (C=O) groups is 2. The van der Waals surface area contributed by atoms with Crippen LogP contribution in [0.15, 0.2) is 42.5 Å². The van der Waals surface area contributed by atoms with Crippen LogP contribution in [0.25, 0.3) is 0 Å². The van der Waals surface area contributed by atoms with Crippen molar-refractivity contribution >= 4 is 17.6 Å². The van der Waals surface area contributed by atoms with Gasteiger partial charge >= 0.3 is 5.97 Å². The second kappa shape index (κ2) is 6.04. The van der Waals surface area contributed by atoms with Crippen LogP contribution < -0.4 is 10.1 Å². The summed E-state index contributed by atoms with van der Waals surface area (Å²) in [5.41, 5.74) is -0.0567. The number of amides is 1. The number of hydrogen-bond donors (Lipinski definition) is 2. The van der Waals surface area contributed by atoms with Crippen molar-refractivity contribution in [2.45, 2.75) is 0 Å². The lowest BCUT2D eigenvalue weighted by atomic mass is 10.1. The molecule has 2 rings (SSSR count). The first-order valence-corrected chi connectivity index (χ1v) is 6.00. The van der Waals surface area contributed by atoms with Gasteiger partial charge in [-0.1, -0.05) is 12.1 Å². The number of anilines is 1. The third kappa shape index (κ3) is 3.17. The van der Waals surface area contributed by atoms with Crippen LogP contribution in [0, 0.1) is 5.82 Å². The number of carboxylic acids is 1. The van der Waals surface area contributed by atoms with Crippen molar-refractivity contribution in [2.24, 2.45) is 0 Å². The van der Waals surface area contributed by atoms with Crippen molar-refractivity contribution < 1.29 is 23.8 Å². The van der Waals surface area contributed by atoms with Gasteiger partial charge in [0.1, 0.15) is 11.6 Å². The Kier molecular flexibility index (Phi) is 4.18. The van der Waals surface area contributed by atoms with Crippen molar-refractivity contribution in [1.82, 2.24) is 0 Å². The van der Waals surface area contributed by atoms with E-state index in [-0.39, 0.29) is 16.8 Å². The minimum Gasteiger partial charge on any atom is -0.496 e. The van der Waals surface area contributed by atoms with E-state index in [0.29, 0.717) is 5.75 Å². The molecule has 1 amide bonds. The zero-order chi connectivity index (χ0) is 15.4. The van der Waals surface area contributed by atoms with Gasteiger partial charge in [-0.15, -0.1) is 0 Å². The van der Waals surface area contributed by atoms with E-state index in [4.69, 9.17) is 9.84 Å². The molecule has 0 heterocycles. The zero-order valence-electron chi connectivity index (χ0n) is 11.1. The summed E-state index contributed by atoms with van der Waals surface area (Å²) in [5.74, 6) is -2.21. The number of halogens is 1. The molecule has 0 saturated heterocycles. The average molecular weight is 289 g/mol. The fourth-order valence-corrected chi connectivity index (χ4v) is 1.82. The second-order valence-electron chi connectivity index (χ2n) is 4.15. The van der Waals surface area contributed by atoms with Gasteiger partial charge in [0, 0.05) is 0 Å². The first-order chi connectivity index (χ1) is 10.0. The van der Waals surface area contributed by atoms with Crippen LogP contribution in [0.2, 0.25) is 0 Å². The summed E-state index contributed by atoms with van der Waals surface area (Å²) >= 11 is 0. The Hall–Kier alpha value is -2.89. The molecule has 108 valence electrons. The molecule has 0 aliphatic heterocycles. The van der Waals surface area contributed by atoms with Crippen molar-refractivity contribution in [2.75, 3.05) is 12.4 Å². The van der Waals surface area contributed by atoms with Gasteiger partial charge < -0.3 is 15.2 Å². The van der Waals surface area contributed by atoms with Crippen LogP contribution in [0.3, 0.4) is 0 Å². The van der Waals surface area contributed by atoms with Gasteiger partial charge in [-0.25, -0.2) is 9.18 Å². The molecule has 0 aliphatic carbocycles. The number of aromatic carboxylic acids is 1. The maximum absolute atomic E-state index is 13.1. The summed E-state index contributed by atoms with van der Waals surface area (Å²) in [6, 6.07) is 9.63. The number of carbonyl (C=O) groups excluding carboxylic acids is 1. The molecule has 0 spiro atoms. The summed E-state index contributed by atoms with van der Waals surface area (Å²) in [4.78, 5) is 23.2. The van der Waals surface area contributed by atoms with Gasteiger partial charge in [0.2, 0.25) is 0 Å². The maximum atomic E-state index is 13.1. The molecule has 0 unspecified atom stereocenters. The molecule has 21 heavy (non-hydrogen) atoms. The lowest BCUT2D eigenvalue weighted by molar-refractivity contribution is 0.0697. The Morgan fingerprint density at radius 2 is 1.86 bits per heavy atom. The van der Waals surface area contributed by atoms with E-state index < -0.39 is 17.7 Å². The Bertz CT molecular complexity index is 700. The van der Waals surface area contributed by atoms with E-state index >= 15 is 0 Å². The van der Waals surface area contributed by atoms with Crippen LogP contribution in [-0.2, 0) is 0 Å². The molecule has 6 heteroatoms. The van der Waals surface area contributed by atoms with Gasteiger partial charge in [-0.3, -0.25) is 4.79 Å². The summed E-state index contributed by atoms with van der Waals surface area (Å²) in [7, 11) is 1.42. The molecule has 0 aliphatic rings. The Balaban J connectivity index is 2.34. The molecular formula is C15H12FNO4. The molecule has 5 nitrogen and oxygen atoms in total. The van der Waals surface area contributed by atoms with E-state index in [0.717, 1.165) is 12.1 Å². The first kappa shape index (κ1) is 14.5. The fraction of sp³-hybridized carbons (Fsp3) is 0.0667. The minimum atomic E-state index is -1.33. The van der Waals surface area contributed by atoms with E-state index in [1.165, 1.54) is 19.2 Å². The minimum absolute atomic E-state index is 0.0137. The van der Waals surface area contributed by atoms with Gasteiger partial charge in [-0.05, 0) is 30.3 Å². The van der Waals surface area contributed by atoms with E-state index in [1.54, 1.807) is 18.2 Å². The molecule has 0 aromatic heterocycles. The van der Waals surface area contributed by atoms with Gasteiger partial charge in [0.15, 0.2) is 0 Å². The molecule has 2 N–H and O–H groups in total. The molecule has 0 atom stereocenters. The average Bonchev–Trinajstić information content (AvgIpc) is 2.48. The van der Waals surface area contributed by atoms with Crippen LogP contribution in [0.1, 0.15) is 20.7 Å². The predicted octanol–water partition coefficient (Wildman–Crippen LogP) is 2.78. The highest BCUT2D eigenvalue weighted by atomic mass is 19.1. The van der Waals surface area contributed by atoms with Crippen molar-refractivity contribution in [3.63, 3.8) is 0 Å². The Morgan fingerprint density at radius 3 is 2.52 bits per heavy atom. The highest BCUT2D eigenvalue weighted by Crippen LogP contribution is 2.22. The number of ether oxygens (including phenoxy) is 1. The van der Waals surface area contributed by atoms with E-state index in [2.05, 4.69) is 5.32 Å². The summed E-state index contributed by atoms with van der Waals surface area (Å²) < 4.78 is 18.2. The summed E-state index contributed by atoms with van der Waals surface area (Å²) in [5, 5.41) is 11.5. The summed E-state index contributed by atoms with van der Waals surface area (Å²) in [6.45, 7) is 0. The lowest BCUT2D eigenvalue weighted by Gasteiger charge is -2.11. The van der Waals surface area contributed by atoms with Crippen molar-refractivity contribution in [3.05, 3.63) is 59.4 Å². The second-order valence-corrected chi connectivity index (χ2v) is 4.15. The quantitative estimate of drug-likeness (QED) is 0.907. The maximum Gasteiger partial charge on any atom is 0.337 e. The molecular weight excluding hydrogens is 277 g/mol. The largest absolute Gasteiger partial charge is 0.496 e. The molecule has 0 saturated carbocycles. The molecule has 0 bridgehead atoms. The third-order valence-electron chi connectivity index (χ3n) is 2.81. The SMILES string of the molecule is COc1ccccc1C(=O)Nc1ccc(F)cc1C(=O)O. The van der Waals surface area contributed by atoms with Crippen LogP contribution in [0.4, 0.5) is 10.1 Å². The summed E-state index contributed by atoms with van der Waals surface area (Å²) in [6.07, 6.45) is 0. The Labute approximate surface area is 120 Å². The number of carboxylic acid groups (broad SMARTS) is 1. The fourth-order valence-electron chi connectivity index (χ4n) is 1.82. The molecule has 0 radical (unpaired) electrons. The molecule has 0 fully saturated rings. The first-order valence-electron chi connectivity index (χ1n) is 6.00. The normalized spacial score (nSPS) is 10.0. The van der Waals surface area contributed by atoms with Crippen LogP contribution in [0.5, 0.6) is 5.75 Å². The standard InChI is InChI=1S/C15H12FNO4/c1-21-13-5-3-2-4-10(13)14(18)17-12-7-6-9(16)8-11(12)15(19)20/h2-8H,1H3,(H,17,18)(H,19,20). The highest BCUT2D eigenvalue weighted by molar-refractivity contribution is 6.09. The lowest BCUT2D eigenvalue weighted by Crippen LogP contribution is -2.15. The topological polar surface area (TPSA) is 75.6 Å². The van der Waals surface area contributed by atoms with Gasteiger partial charge in [-0.2, -0.15) is 0 Å².